The van der Waals surface area contributed by atoms with Gasteiger partial charge in [-0.3, -0.25) is 4.98 Å². The minimum absolute atomic E-state index is 0.663. The smallest absolute Gasteiger partial charge is 0.0547 e. The lowest BCUT2D eigenvalue weighted by Gasteiger charge is -2.10. The summed E-state index contributed by atoms with van der Waals surface area (Å²) >= 11 is 12.0. The summed E-state index contributed by atoms with van der Waals surface area (Å²) in [6, 6.07) is 7.66. The van der Waals surface area contributed by atoms with Gasteiger partial charge in [-0.05, 0) is 36.6 Å². The molecule has 0 saturated heterocycles. The van der Waals surface area contributed by atoms with Crippen molar-refractivity contribution in [1.29, 1.82) is 0 Å². The third-order valence-electron chi connectivity index (χ3n) is 3.06. The van der Waals surface area contributed by atoms with Crippen LogP contribution in [-0.2, 0) is 6.42 Å². The van der Waals surface area contributed by atoms with Crippen molar-refractivity contribution in [3.8, 4) is 0 Å². The highest BCUT2D eigenvalue weighted by Gasteiger charge is 2.02. The highest BCUT2D eigenvalue weighted by Crippen LogP contribution is 2.21. The van der Waals surface area contributed by atoms with Gasteiger partial charge in [-0.25, -0.2) is 0 Å². The quantitative estimate of drug-likeness (QED) is 0.763. The minimum atomic E-state index is 0.663. The van der Waals surface area contributed by atoms with Crippen molar-refractivity contribution >= 4 is 34.6 Å². The average molecular weight is 324 g/mol. The number of hydrogen-bond donors (Lipinski definition) is 2. The monoisotopic (exact) mass is 323 g/mol. The lowest BCUT2D eigenvalue weighted by molar-refractivity contribution is 0.976. The highest BCUT2D eigenvalue weighted by molar-refractivity contribution is 6.35. The van der Waals surface area contributed by atoms with Crippen LogP contribution in [0.1, 0.15) is 18.9 Å². The van der Waals surface area contributed by atoms with Gasteiger partial charge in [0, 0.05) is 23.1 Å². The summed E-state index contributed by atoms with van der Waals surface area (Å²) in [6.45, 7) is 3.88. The molecule has 1 aromatic carbocycles. The van der Waals surface area contributed by atoms with Crippen LogP contribution in [0, 0.1) is 0 Å². The van der Waals surface area contributed by atoms with Crippen LogP contribution in [0.4, 0.5) is 11.4 Å². The molecule has 1 aromatic heterocycles. The fraction of sp³-hybridized carbons (Fsp3) is 0.312. The van der Waals surface area contributed by atoms with E-state index in [0.29, 0.717) is 10.0 Å². The summed E-state index contributed by atoms with van der Waals surface area (Å²) in [4.78, 5) is 4.22. The lowest BCUT2D eigenvalue weighted by atomic mass is 10.1. The van der Waals surface area contributed by atoms with Gasteiger partial charge < -0.3 is 10.6 Å². The molecule has 0 amide bonds. The molecule has 2 rings (SSSR count). The molecule has 1 heterocycles. The molecule has 0 spiro atoms. The normalized spacial score (nSPS) is 10.4. The Balaban J connectivity index is 1.88. The molecule has 5 heteroatoms. The van der Waals surface area contributed by atoms with E-state index in [0.717, 1.165) is 42.9 Å². The number of halogens is 2. The Labute approximate surface area is 135 Å². The summed E-state index contributed by atoms with van der Waals surface area (Å²) < 4.78 is 0. The van der Waals surface area contributed by atoms with Gasteiger partial charge >= 0.3 is 0 Å². The van der Waals surface area contributed by atoms with E-state index in [9.17, 15) is 0 Å². The maximum Gasteiger partial charge on any atom is 0.0547 e. The molecule has 21 heavy (non-hydrogen) atoms. The highest BCUT2D eigenvalue weighted by atomic mass is 35.5. The van der Waals surface area contributed by atoms with Gasteiger partial charge in [0.1, 0.15) is 0 Å². The molecule has 2 N–H and O–H groups in total. The first-order valence-electron chi connectivity index (χ1n) is 7.05. The van der Waals surface area contributed by atoms with Gasteiger partial charge in [0.15, 0.2) is 0 Å². The molecule has 2 aromatic rings. The van der Waals surface area contributed by atoms with Gasteiger partial charge in [0.2, 0.25) is 0 Å². The number of benzene rings is 1. The Morgan fingerprint density at radius 2 is 1.71 bits per heavy atom. The van der Waals surface area contributed by atoms with Crippen molar-refractivity contribution < 1.29 is 0 Å². The molecule has 112 valence electrons. The standard InChI is InChI=1S/C16H19Cl2N3/c1-2-6-20-14-9-15(11-19-10-14)21-7-5-12-3-4-13(17)8-16(12)18/h3-4,8-11,20-21H,2,5-7H2,1H3. The van der Waals surface area contributed by atoms with Crippen LogP contribution in [-0.4, -0.2) is 18.1 Å². The van der Waals surface area contributed by atoms with Crippen LogP contribution in [0.2, 0.25) is 10.0 Å². The Bertz CT molecular complexity index is 587. The van der Waals surface area contributed by atoms with Gasteiger partial charge in [0.05, 0.1) is 23.8 Å². The summed E-state index contributed by atoms with van der Waals surface area (Å²) in [5.41, 5.74) is 3.12. The fourth-order valence-electron chi connectivity index (χ4n) is 1.97. The van der Waals surface area contributed by atoms with E-state index in [2.05, 4.69) is 28.6 Å². The minimum Gasteiger partial charge on any atom is -0.384 e. The molecule has 3 nitrogen and oxygen atoms in total. The number of aromatic nitrogens is 1. The molecule has 0 aliphatic heterocycles. The maximum atomic E-state index is 6.16. The summed E-state index contributed by atoms with van der Waals surface area (Å²) in [5, 5.41) is 8.05. The molecular formula is C16H19Cl2N3. The molecule has 0 saturated carbocycles. The van der Waals surface area contributed by atoms with Crippen molar-refractivity contribution in [2.45, 2.75) is 19.8 Å². The second-order valence-electron chi connectivity index (χ2n) is 4.80. The number of nitrogens with one attached hydrogen (secondary N) is 2. The largest absolute Gasteiger partial charge is 0.384 e. The number of rotatable bonds is 7. The van der Waals surface area contributed by atoms with E-state index in [4.69, 9.17) is 23.2 Å². The van der Waals surface area contributed by atoms with Gasteiger partial charge in [-0.2, -0.15) is 0 Å². The van der Waals surface area contributed by atoms with Crippen LogP contribution in [0.25, 0.3) is 0 Å². The van der Waals surface area contributed by atoms with Crippen molar-refractivity contribution in [2.75, 3.05) is 23.7 Å². The van der Waals surface area contributed by atoms with Crippen molar-refractivity contribution in [3.63, 3.8) is 0 Å². The molecule has 0 unspecified atom stereocenters. The number of nitrogens with zero attached hydrogens (tertiary/aromatic N) is 1. The first-order valence-corrected chi connectivity index (χ1v) is 7.81. The molecule has 0 bridgehead atoms. The number of anilines is 2. The van der Waals surface area contributed by atoms with Gasteiger partial charge in [0.25, 0.3) is 0 Å². The third kappa shape index (κ3) is 5.10. The Hall–Kier alpha value is -1.45. The van der Waals surface area contributed by atoms with Crippen LogP contribution in [0.15, 0.2) is 36.7 Å². The van der Waals surface area contributed by atoms with Crippen LogP contribution in [0.3, 0.4) is 0 Å². The Morgan fingerprint density at radius 1 is 1.00 bits per heavy atom. The first kappa shape index (κ1) is 15.9. The van der Waals surface area contributed by atoms with E-state index in [1.807, 2.05) is 24.5 Å². The van der Waals surface area contributed by atoms with Crippen LogP contribution < -0.4 is 10.6 Å². The zero-order valence-electron chi connectivity index (χ0n) is 12.0. The van der Waals surface area contributed by atoms with Crippen molar-refractivity contribution in [3.05, 3.63) is 52.3 Å². The Kier molecular flexibility index (Phi) is 6.15. The summed E-state index contributed by atoms with van der Waals surface area (Å²) in [6.07, 6.45) is 5.58. The summed E-state index contributed by atoms with van der Waals surface area (Å²) in [5.74, 6) is 0. The molecule has 0 fully saturated rings. The topological polar surface area (TPSA) is 37.0 Å². The van der Waals surface area contributed by atoms with Crippen LogP contribution >= 0.6 is 23.2 Å². The first-order chi connectivity index (χ1) is 10.2. The van der Waals surface area contributed by atoms with E-state index < -0.39 is 0 Å². The molecule has 0 radical (unpaired) electrons. The lowest BCUT2D eigenvalue weighted by Crippen LogP contribution is -2.06. The zero-order valence-corrected chi connectivity index (χ0v) is 13.5. The second-order valence-corrected chi connectivity index (χ2v) is 5.65. The van der Waals surface area contributed by atoms with Gasteiger partial charge in [-0.1, -0.05) is 36.2 Å². The zero-order chi connectivity index (χ0) is 15.1. The second kappa shape index (κ2) is 8.11. The number of pyridine rings is 1. The van der Waals surface area contributed by atoms with E-state index >= 15 is 0 Å². The third-order valence-corrected chi connectivity index (χ3v) is 3.64. The maximum absolute atomic E-state index is 6.16. The predicted octanol–water partition coefficient (Wildman–Crippen LogP) is 4.86. The fourth-order valence-corrected chi connectivity index (χ4v) is 2.47. The van der Waals surface area contributed by atoms with E-state index in [-0.39, 0.29) is 0 Å². The SMILES string of the molecule is CCCNc1cncc(NCCc2ccc(Cl)cc2Cl)c1. The van der Waals surface area contributed by atoms with E-state index in [1.54, 1.807) is 6.07 Å². The van der Waals surface area contributed by atoms with Crippen LogP contribution in [0.5, 0.6) is 0 Å². The van der Waals surface area contributed by atoms with Crippen molar-refractivity contribution in [2.24, 2.45) is 0 Å². The average Bonchev–Trinajstić information content (AvgIpc) is 2.48. The van der Waals surface area contributed by atoms with Crippen molar-refractivity contribution in [1.82, 2.24) is 4.98 Å². The molecule has 0 aliphatic rings. The Morgan fingerprint density at radius 3 is 2.38 bits per heavy atom. The van der Waals surface area contributed by atoms with E-state index in [1.165, 1.54) is 0 Å². The molecule has 0 aliphatic carbocycles. The molecular weight excluding hydrogens is 305 g/mol. The van der Waals surface area contributed by atoms with Gasteiger partial charge in [-0.15, -0.1) is 0 Å². The summed E-state index contributed by atoms with van der Waals surface area (Å²) in [7, 11) is 0. The molecule has 0 atom stereocenters. The number of hydrogen-bond acceptors (Lipinski definition) is 3. The predicted molar refractivity (Wildman–Crippen MR) is 91.7 cm³/mol.